The molecule has 0 aliphatic carbocycles. The van der Waals surface area contributed by atoms with Crippen molar-refractivity contribution < 1.29 is 9.53 Å². The Labute approximate surface area is 97.0 Å². The molecule has 1 rings (SSSR count). The molecule has 16 heavy (non-hydrogen) atoms. The summed E-state index contributed by atoms with van der Waals surface area (Å²) in [6.07, 6.45) is -0.266. The minimum absolute atomic E-state index is 0.266. The average molecular weight is 221 g/mol. The summed E-state index contributed by atoms with van der Waals surface area (Å²) in [5.74, 6) is 0.453. The Balaban J connectivity index is 2.35. The maximum atomic E-state index is 11.6. The number of rotatable bonds is 4. The largest absolute Gasteiger partial charge is 0.445 e. The van der Waals surface area contributed by atoms with Gasteiger partial charge in [-0.25, -0.2) is 4.79 Å². The molecular weight excluding hydrogens is 202 g/mol. The predicted octanol–water partition coefficient (Wildman–Crippen LogP) is 2.91. The summed E-state index contributed by atoms with van der Waals surface area (Å²) in [6.45, 7) is 5.19. The molecule has 3 heteroatoms. The SMILES string of the molecule is CC(C)CN(C)C(=O)OCc1ccccc1. The number of hydrogen-bond acceptors (Lipinski definition) is 2. The molecule has 1 aromatic rings. The van der Waals surface area contributed by atoms with Gasteiger partial charge in [-0.3, -0.25) is 0 Å². The number of amides is 1. The van der Waals surface area contributed by atoms with Gasteiger partial charge in [0.05, 0.1) is 0 Å². The molecule has 0 bridgehead atoms. The first kappa shape index (κ1) is 12.6. The van der Waals surface area contributed by atoms with Crippen molar-refractivity contribution in [1.82, 2.24) is 4.90 Å². The minimum Gasteiger partial charge on any atom is -0.445 e. The van der Waals surface area contributed by atoms with Crippen LogP contribution in [0.25, 0.3) is 0 Å². The monoisotopic (exact) mass is 221 g/mol. The van der Waals surface area contributed by atoms with E-state index in [0.717, 1.165) is 5.56 Å². The third-order valence-electron chi connectivity index (χ3n) is 2.16. The zero-order valence-electron chi connectivity index (χ0n) is 10.1. The van der Waals surface area contributed by atoms with Crippen LogP contribution in [0.15, 0.2) is 30.3 Å². The second kappa shape index (κ2) is 6.16. The summed E-state index contributed by atoms with van der Waals surface area (Å²) in [5.41, 5.74) is 1.01. The van der Waals surface area contributed by atoms with Crippen LogP contribution in [0.4, 0.5) is 4.79 Å². The molecule has 88 valence electrons. The first-order valence-corrected chi connectivity index (χ1v) is 5.51. The van der Waals surface area contributed by atoms with Gasteiger partial charge in [-0.15, -0.1) is 0 Å². The van der Waals surface area contributed by atoms with E-state index in [1.807, 2.05) is 30.3 Å². The molecule has 0 aromatic heterocycles. The van der Waals surface area contributed by atoms with Gasteiger partial charge in [-0.1, -0.05) is 44.2 Å². The van der Waals surface area contributed by atoms with E-state index in [1.165, 1.54) is 0 Å². The van der Waals surface area contributed by atoms with Crippen molar-refractivity contribution in [3.8, 4) is 0 Å². The van der Waals surface area contributed by atoms with Gasteiger partial charge < -0.3 is 9.64 Å². The molecule has 3 nitrogen and oxygen atoms in total. The summed E-state index contributed by atoms with van der Waals surface area (Å²) in [7, 11) is 1.76. The number of nitrogens with zero attached hydrogens (tertiary/aromatic N) is 1. The maximum absolute atomic E-state index is 11.6. The fourth-order valence-corrected chi connectivity index (χ4v) is 1.45. The van der Waals surface area contributed by atoms with Crippen molar-refractivity contribution in [3.63, 3.8) is 0 Å². The van der Waals surface area contributed by atoms with Gasteiger partial charge >= 0.3 is 6.09 Å². The molecule has 0 fully saturated rings. The number of carbonyl (C=O) groups excluding carboxylic acids is 1. The lowest BCUT2D eigenvalue weighted by molar-refractivity contribution is 0.101. The molecule has 0 radical (unpaired) electrons. The van der Waals surface area contributed by atoms with Crippen molar-refractivity contribution >= 4 is 6.09 Å². The molecule has 0 aliphatic rings. The van der Waals surface area contributed by atoms with Crippen LogP contribution in [0.5, 0.6) is 0 Å². The summed E-state index contributed by atoms with van der Waals surface area (Å²) < 4.78 is 5.18. The van der Waals surface area contributed by atoms with Crippen molar-refractivity contribution in [2.45, 2.75) is 20.5 Å². The molecule has 0 atom stereocenters. The Kier molecular flexibility index (Phi) is 4.83. The highest BCUT2D eigenvalue weighted by Gasteiger charge is 2.10. The van der Waals surface area contributed by atoms with Gasteiger partial charge in [0.25, 0.3) is 0 Å². The van der Waals surface area contributed by atoms with Crippen LogP contribution >= 0.6 is 0 Å². The highest BCUT2D eigenvalue weighted by molar-refractivity contribution is 5.67. The van der Waals surface area contributed by atoms with E-state index in [9.17, 15) is 4.79 Å². The lowest BCUT2D eigenvalue weighted by Crippen LogP contribution is -2.30. The Morgan fingerprint density at radius 2 is 1.94 bits per heavy atom. The molecular formula is C13H19NO2. The third-order valence-corrected chi connectivity index (χ3v) is 2.16. The van der Waals surface area contributed by atoms with E-state index in [-0.39, 0.29) is 6.09 Å². The predicted molar refractivity (Wildman–Crippen MR) is 64.1 cm³/mol. The van der Waals surface area contributed by atoms with E-state index in [0.29, 0.717) is 19.1 Å². The van der Waals surface area contributed by atoms with Crippen LogP contribution in [0.2, 0.25) is 0 Å². The number of benzene rings is 1. The zero-order valence-corrected chi connectivity index (χ0v) is 10.1. The molecule has 0 saturated heterocycles. The second-order valence-electron chi connectivity index (χ2n) is 4.31. The lowest BCUT2D eigenvalue weighted by atomic mass is 10.2. The quantitative estimate of drug-likeness (QED) is 0.782. The van der Waals surface area contributed by atoms with Crippen LogP contribution in [0, 0.1) is 5.92 Å². The second-order valence-corrected chi connectivity index (χ2v) is 4.31. The highest BCUT2D eigenvalue weighted by Crippen LogP contribution is 2.03. The smallest absolute Gasteiger partial charge is 0.409 e. The fraction of sp³-hybridized carbons (Fsp3) is 0.462. The van der Waals surface area contributed by atoms with Gasteiger partial charge in [0.2, 0.25) is 0 Å². The number of carbonyl (C=O) groups is 1. The fourth-order valence-electron chi connectivity index (χ4n) is 1.45. The van der Waals surface area contributed by atoms with Gasteiger partial charge in [0, 0.05) is 13.6 Å². The summed E-state index contributed by atoms with van der Waals surface area (Å²) in [5, 5.41) is 0. The molecule has 1 aromatic carbocycles. The first-order chi connectivity index (χ1) is 7.59. The summed E-state index contributed by atoms with van der Waals surface area (Å²) in [6, 6.07) is 9.68. The van der Waals surface area contributed by atoms with E-state index in [4.69, 9.17) is 4.74 Å². The lowest BCUT2D eigenvalue weighted by Gasteiger charge is -2.18. The van der Waals surface area contributed by atoms with Crippen LogP contribution < -0.4 is 0 Å². The number of ether oxygens (including phenoxy) is 1. The van der Waals surface area contributed by atoms with Gasteiger partial charge in [-0.2, -0.15) is 0 Å². The summed E-state index contributed by atoms with van der Waals surface area (Å²) >= 11 is 0. The van der Waals surface area contributed by atoms with Gasteiger partial charge in [0.15, 0.2) is 0 Å². The van der Waals surface area contributed by atoms with Crippen molar-refractivity contribution in [2.75, 3.05) is 13.6 Å². The third kappa shape index (κ3) is 4.34. The standard InChI is InChI=1S/C13H19NO2/c1-11(2)9-14(3)13(15)16-10-12-7-5-4-6-8-12/h4-8,11H,9-10H2,1-3H3. The molecule has 1 amide bonds. The molecule has 0 heterocycles. The Morgan fingerprint density at radius 3 is 2.50 bits per heavy atom. The average Bonchev–Trinajstić information content (AvgIpc) is 2.26. The first-order valence-electron chi connectivity index (χ1n) is 5.51. The molecule has 0 unspecified atom stereocenters. The van der Waals surface area contributed by atoms with Crippen molar-refractivity contribution in [1.29, 1.82) is 0 Å². The normalized spacial score (nSPS) is 10.2. The zero-order chi connectivity index (χ0) is 12.0. The van der Waals surface area contributed by atoms with Crippen LogP contribution in [-0.4, -0.2) is 24.6 Å². The Bertz CT molecular complexity index is 322. The topological polar surface area (TPSA) is 29.5 Å². The van der Waals surface area contributed by atoms with E-state index >= 15 is 0 Å². The highest BCUT2D eigenvalue weighted by atomic mass is 16.6. The maximum Gasteiger partial charge on any atom is 0.409 e. The summed E-state index contributed by atoms with van der Waals surface area (Å²) in [4.78, 5) is 13.2. The molecule has 0 spiro atoms. The van der Waals surface area contributed by atoms with Crippen molar-refractivity contribution in [2.24, 2.45) is 5.92 Å². The van der Waals surface area contributed by atoms with Crippen LogP contribution in [-0.2, 0) is 11.3 Å². The molecule has 0 saturated carbocycles. The molecule has 0 aliphatic heterocycles. The van der Waals surface area contributed by atoms with E-state index in [1.54, 1.807) is 11.9 Å². The van der Waals surface area contributed by atoms with E-state index < -0.39 is 0 Å². The number of hydrogen-bond donors (Lipinski definition) is 0. The Morgan fingerprint density at radius 1 is 1.31 bits per heavy atom. The van der Waals surface area contributed by atoms with Crippen LogP contribution in [0.1, 0.15) is 19.4 Å². The van der Waals surface area contributed by atoms with E-state index in [2.05, 4.69) is 13.8 Å². The minimum atomic E-state index is -0.266. The molecule has 0 N–H and O–H groups in total. The van der Waals surface area contributed by atoms with Crippen LogP contribution in [0.3, 0.4) is 0 Å². The van der Waals surface area contributed by atoms with Crippen molar-refractivity contribution in [3.05, 3.63) is 35.9 Å². The van der Waals surface area contributed by atoms with Gasteiger partial charge in [0.1, 0.15) is 6.61 Å². The Hall–Kier alpha value is -1.51. The van der Waals surface area contributed by atoms with Gasteiger partial charge in [-0.05, 0) is 11.5 Å².